The Hall–Kier alpha value is -2.12. The van der Waals surface area contributed by atoms with E-state index in [-0.39, 0.29) is 19.6 Å². The van der Waals surface area contributed by atoms with Crippen molar-refractivity contribution in [3.05, 3.63) is 34.9 Å². The Morgan fingerprint density at radius 1 is 1.19 bits per heavy atom. The number of nitrogens with two attached hydrogens (primary N) is 1. The molecule has 0 aliphatic heterocycles. The first-order valence-electron chi connectivity index (χ1n) is 6.11. The maximum absolute atomic E-state index is 11.8. The van der Waals surface area contributed by atoms with Gasteiger partial charge < -0.3 is 16.2 Å². The first-order valence-corrected chi connectivity index (χ1v) is 6.49. The third-order valence-corrected chi connectivity index (χ3v) is 2.91. The van der Waals surface area contributed by atoms with Gasteiger partial charge in [0.15, 0.2) is 0 Å². The van der Waals surface area contributed by atoms with Crippen LogP contribution in [0.2, 0.25) is 5.02 Å². The van der Waals surface area contributed by atoms with E-state index in [1.165, 1.54) is 0 Å². The number of hydrogen-bond donors (Lipinski definition) is 3. The predicted molar refractivity (Wildman–Crippen MR) is 76.6 cm³/mol. The Kier molecular flexibility index (Phi) is 6.64. The molecule has 0 aliphatic rings. The highest BCUT2D eigenvalue weighted by atomic mass is 35.5. The van der Waals surface area contributed by atoms with Crippen LogP contribution in [0, 0.1) is 0 Å². The zero-order valence-electron chi connectivity index (χ0n) is 11.2. The molecule has 0 heterocycles. The fraction of sp³-hybridized carbons (Fsp3) is 0.308. The number of nitrogens with one attached hydrogen (secondary N) is 1. The molecule has 7 nitrogen and oxygen atoms in total. The average molecular weight is 314 g/mol. The number of primary amides is 1. The highest BCUT2D eigenvalue weighted by Gasteiger charge is 2.16. The first-order chi connectivity index (χ1) is 9.88. The summed E-state index contributed by atoms with van der Waals surface area (Å²) in [6, 6.07) is 7.03. The van der Waals surface area contributed by atoms with Gasteiger partial charge in [-0.25, -0.2) is 0 Å². The molecule has 0 saturated carbocycles. The van der Waals surface area contributed by atoms with Crippen molar-refractivity contribution in [3.63, 3.8) is 0 Å². The van der Waals surface area contributed by atoms with Gasteiger partial charge in [-0.05, 0) is 11.6 Å². The van der Waals surface area contributed by atoms with Crippen LogP contribution in [0.3, 0.4) is 0 Å². The number of halogens is 1. The third kappa shape index (κ3) is 6.73. The summed E-state index contributed by atoms with van der Waals surface area (Å²) in [7, 11) is 0. The smallest absolute Gasteiger partial charge is 0.317 e. The lowest BCUT2D eigenvalue weighted by Gasteiger charge is -2.17. The van der Waals surface area contributed by atoms with Crippen LogP contribution >= 0.6 is 11.6 Å². The summed E-state index contributed by atoms with van der Waals surface area (Å²) < 4.78 is 0. The van der Waals surface area contributed by atoms with Gasteiger partial charge in [-0.15, -0.1) is 0 Å². The van der Waals surface area contributed by atoms with Crippen molar-refractivity contribution in [1.29, 1.82) is 0 Å². The number of rotatable bonds is 8. The SMILES string of the molecule is NC(=O)CN(CC(=O)O)CC(=O)NCc1ccccc1Cl. The van der Waals surface area contributed by atoms with E-state index in [0.29, 0.717) is 5.02 Å². The Bertz CT molecular complexity index is 520. The molecule has 21 heavy (non-hydrogen) atoms. The van der Waals surface area contributed by atoms with Crippen molar-refractivity contribution < 1.29 is 19.5 Å². The van der Waals surface area contributed by atoms with Crippen LogP contribution in [0.15, 0.2) is 24.3 Å². The summed E-state index contributed by atoms with van der Waals surface area (Å²) in [5.41, 5.74) is 5.75. The van der Waals surface area contributed by atoms with Gasteiger partial charge in [-0.2, -0.15) is 0 Å². The molecule has 114 valence electrons. The standard InChI is InChI=1S/C13H16ClN3O4/c14-10-4-2-1-3-9(10)5-16-12(19)7-17(6-11(15)18)8-13(20)21/h1-4H,5-8H2,(H2,15,18)(H,16,19)(H,20,21). The van der Waals surface area contributed by atoms with Crippen LogP contribution in [0.5, 0.6) is 0 Å². The van der Waals surface area contributed by atoms with Crippen molar-refractivity contribution in [3.8, 4) is 0 Å². The van der Waals surface area contributed by atoms with Crippen molar-refractivity contribution in [2.24, 2.45) is 5.73 Å². The summed E-state index contributed by atoms with van der Waals surface area (Å²) in [5, 5.41) is 11.8. The summed E-state index contributed by atoms with van der Waals surface area (Å²) >= 11 is 5.95. The maximum Gasteiger partial charge on any atom is 0.317 e. The molecule has 0 aromatic heterocycles. The minimum Gasteiger partial charge on any atom is -0.480 e. The molecule has 0 saturated heterocycles. The van der Waals surface area contributed by atoms with E-state index in [4.69, 9.17) is 22.4 Å². The zero-order valence-corrected chi connectivity index (χ0v) is 12.0. The lowest BCUT2D eigenvalue weighted by Crippen LogP contribution is -2.43. The second-order valence-corrected chi connectivity index (χ2v) is 4.78. The first kappa shape index (κ1) is 16.9. The van der Waals surface area contributed by atoms with Gasteiger partial charge in [0.2, 0.25) is 11.8 Å². The molecule has 1 aromatic carbocycles. The molecular formula is C13H16ClN3O4. The van der Waals surface area contributed by atoms with E-state index >= 15 is 0 Å². The fourth-order valence-corrected chi connectivity index (χ4v) is 1.88. The van der Waals surface area contributed by atoms with Gasteiger partial charge >= 0.3 is 5.97 Å². The molecule has 1 rings (SSSR count). The maximum atomic E-state index is 11.8. The number of aliphatic carboxylic acids is 1. The van der Waals surface area contributed by atoms with Gasteiger partial charge in [0.25, 0.3) is 0 Å². The van der Waals surface area contributed by atoms with Gasteiger partial charge in [0.05, 0.1) is 19.6 Å². The number of nitrogens with zero attached hydrogens (tertiary/aromatic N) is 1. The minimum atomic E-state index is -1.14. The largest absolute Gasteiger partial charge is 0.480 e. The van der Waals surface area contributed by atoms with E-state index in [1.54, 1.807) is 24.3 Å². The van der Waals surface area contributed by atoms with Gasteiger partial charge in [0, 0.05) is 11.6 Å². The topological polar surface area (TPSA) is 113 Å². The molecule has 0 unspecified atom stereocenters. The summed E-state index contributed by atoms with van der Waals surface area (Å²) in [4.78, 5) is 34.4. The van der Waals surface area contributed by atoms with Crippen LogP contribution in [-0.2, 0) is 20.9 Å². The van der Waals surface area contributed by atoms with Crippen molar-refractivity contribution >= 4 is 29.4 Å². The number of hydrogen-bond acceptors (Lipinski definition) is 4. The summed E-state index contributed by atoms with van der Waals surface area (Å²) in [5.74, 6) is -2.26. The second-order valence-electron chi connectivity index (χ2n) is 4.37. The molecule has 0 atom stereocenters. The number of carboxylic acid groups (broad SMARTS) is 1. The Balaban J connectivity index is 2.51. The number of benzene rings is 1. The fourth-order valence-electron chi connectivity index (χ4n) is 1.67. The molecule has 8 heteroatoms. The van der Waals surface area contributed by atoms with Crippen molar-refractivity contribution in [2.45, 2.75) is 6.54 Å². The van der Waals surface area contributed by atoms with Crippen LogP contribution in [0.25, 0.3) is 0 Å². The molecule has 2 amide bonds. The number of carbonyl (C=O) groups excluding carboxylic acids is 2. The normalized spacial score (nSPS) is 10.4. The van der Waals surface area contributed by atoms with E-state index < -0.39 is 24.3 Å². The lowest BCUT2D eigenvalue weighted by molar-refractivity contribution is -0.139. The molecular weight excluding hydrogens is 298 g/mol. The van der Waals surface area contributed by atoms with Crippen LogP contribution in [-0.4, -0.2) is 47.4 Å². The molecule has 4 N–H and O–H groups in total. The van der Waals surface area contributed by atoms with Crippen LogP contribution in [0.1, 0.15) is 5.56 Å². The lowest BCUT2D eigenvalue weighted by atomic mass is 10.2. The van der Waals surface area contributed by atoms with Gasteiger partial charge in [-0.3, -0.25) is 19.3 Å². The van der Waals surface area contributed by atoms with E-state index in [1.807, 2.05) is 0 Å². The average Bonchev–Trinajstić information content (AvgIpc) is 2.36. The zero-order chi connectivity index (χ0) is 15.8. The molecule has 0 bridgehead atoms. The molecule has 0 spiro atoms. The Morgan fingerprint density at radius 3 is 2.43 bits per heavy atom. The van der Waals surface area contributed by atoms with Crippen LogP contribution < -0.4 is 11.1 Å². The van der Waals surface area contributed by atoms with Crippen LogP contribution in [0.4, 0.5) is 0 Å². The number of carboxylic acids is 1. The Labute approximate surface area is 126 Å². The third-order valence-electron chi connectivity index (χ3n) is 2.54. The molecule has 1 aromatic rings. The highest BCUT2D eigenvalue weighted by molar-refractivity contribution is 6.31. The van der Waals surface area contributed by atoms with E-state index in [9.17, 15) is 14.4 Å². The highest BCUT2D eigenvalue weighted by Crippen LogP contribution is 2.14. The number of carbonyl (C=O) groups is 3. The summed E-state index contributed by atoms with van der Waals surface area (Å²) in [6.07, 6.45) is 0. The minimum absolute atomic E-state index is 0.218. The van der Waals surface area contributed by atoms with Crippen molar-refractivity contribution in [1.82, 2.24) is 10.2 Å². The summed E-state index contributed by atoms with van der Waals surface area (Å²) in [6.45, 7) is -0.760. The monoisotopic (exact) mass is 313 g/mol. The van der Waals surface area contributed by atoms with Gasteiger partial charge in [-0.1, -0.05) is 29.8 Å². The predicted octanol–water partition coefficient (Wildman–Crippen LogP) is -0.172. The van der Waals surface area contributed by atoms with E-state index in [0.717, 1.165) is 10.5 Å². The van der Waals surface area contributed by atoms with Gasteiger partial charge in [0.1, 0.15) is 0 Å². The molecule has 0 radical (unpaired) electrons. The van der Waals surface area contributed by atoms with E-state index in [2.05, 4.69) is 5.32 Å². The van der Waals surface area contributed by atoms with Crippen molar-refractivity contribution in [2.75, 3.05) is 19.6 Å². The molecule has 0 fully saturated rings. The molecule has 0 aliphatic carbocycles. The number of amides is 2. The quantitative estimate of drug-likeness (QED) is 0.616. The Morgan fingerprint density at radius 2 is 1.86 bits per heavy atom. The second kappa shape index (κ2) is 8.23.